The van der Waals surface area contributed by atoms with Crippen LogP contribution >= 0.6 is 34.5 Å². The zero-order valence-corrected chi connectivity index (χ0v) is 22.7. The number of nitrogens with zero attached hydrogens (tertiary/aromatic N) is 2. The Bertz CT molecular complexity index is 1090. The molecule has 0 bridgehead atoms. The predicted octanol–water partition coefficient (Wildman–Crippen LogP) is 5.74. The van der Waals surface area contributed by atoms with E-state index in [1.165, 1.54) is 4.88 Å². The lowest BCUT2D eigenvalue weighted by Gasteiger charge is -2.53. The highest BCUT2D eigenvalue weighted by atomic mass is 35.5. The van der Waals surface area contributed by atoms with Crippen molar-refractivity contribution in [3.8, 4) is 0 Å². The van der Waals surface area contributed by atoms with E-state index in [1.54, 1.807) is 23.5 Å². The highest BCUT2D eigenvalue weighted by Crippen LogP contribution is 2.57. The van der Waals surface area contributed by atoms with E-state index in [0.29, 0.717) is 42.0 Å². The van der Waals surface area contributed by atoms with E-state index in [0.717, 1.165) is 30.1 Å². The largest absolute Gasteiger partial charge is 0.392 e. The van der Waals surface area contributed by atoms with Crippen LogP contribution in [-0.2, 0) is 16.0 Å². The van der Waals surface area contributed by atoms with Gasteiger partial charge in [-0.1, -0.05) is 50.0 Å². The van der Waals surface area contributed by atoms with Crippen molar-refractivity contribution >= 4 is 51.3 Å². The molecule has 5 rings (SSSR count). The molecule has 2 aliphatic carbocycles. The normalized spacial score (nSPS) is 31.4. The molecule has 3 aliphatic rings. The second kappa shape index (κ2) is 9.82. The van der Waals surface area contributed by atoms with Crippen LogP contribution in [0.2, 0.25) is 10.0 Å². The van der Waals surface area contributed by atoms with E-state index >= 15 is 0 Å². The average Bonchev–Trinajstić information content (AvgIpc) is 3.23. The van der Waals surface area contributed by atoms with Crippen LogP contribution in [0.4, 0.5) is 10.8 Å². The van der Waals surface area contributed by atoms with E-state index in [4.69, 9.17) is 32.9 Å². The number of aromatic nitrogens is 1. The minimum absolute atomic E-state index is 0.0318. The number of aliphatic hydroxyl groups excluding tert-OH is 1. The summed E-state index contributed by atoms with van der Waals surface area (Å²) in [6.45, 7) is 8.91. The maximum absolute atomic E-state index is 13.2. The smallest absolute Gasteiger partial charge is 0.225 e. The summed E-state index contributed by atoms with van der Waals surface area (Å²) in [6.07, 6.45) is 2.17. The molecule has 0 unspecified atom stereocenters. The molecule has 2 aromatic rings. The number of morpholine rings is 1. The van der Waals surface area contributed by atoms with Crippen molar-refractivity contribution in [3.63, 3.8) is 0 Å². The highest BCUT2D eigenvalue weighted by Gasteiger charge is 2.54. The summed E-state index contributed by atoms with van der Waals surface area (Å²) in [7, 11) is 0. The number of rotatable bonds is 4. The lowest BCUT2D eigenvalue weighted by molar-refractivity contribution is -0.148. The van der Waals surface area contributed by atoms with Crippen molar-refractivity contribution in [1.82, 2.24) is 9.88 Å². The second-order valence-electron chi connectivity index (χ2n) is 10.6. The first-order chi connectivity index (χ1) is 16.7. The first-order valence-electron chi connectivity index (χ1n) is 12.4. The van der Waals surface area contributed by atoms with Crippen LogP contribution in [0.15, 0.2) is 18.2 Å². The number of anilines is 2. The van der Waals surface area contributed by atoms with Gasteiger partial charge in [-0.15, -0.1) is 11.3 Å². The quantitative estimate of drug-likeness (QED) is 0.519. The Kier molecular flexibility index (Phi) is 7.09. The number of hydrogen-bond donors (Lipinski definition) is 2. The number of halogens is 2. The fraction of sp³-hybridized carbons (Fsp3) is 0.615. The molecule has 0 spiro atoms. The fourth-order valence-electron chi connectivity index (χ4n) is 6.58. The van der Waals surface area contributed by atoms with Gasteiger partial charge in [0.05, 0.1) is 40.7 Å². The summed E-state index contributed by atoms with van der Waals surface area (Å²) in [6, 6.07) is 5.42. The number of thiazole rings is 1. The molecule has 1 saturated carbocycles. The molecule has 190 valence electrons. The van der Waals surface area contributed by atoms with Crippen LogP contribution in [0.3, 0.4) is 0 Å². The van der Waals surface area contributed by atoms with Crippen LogP contribution in [0, 0.1) is 23.2 Å². The number of benzene rings is 1. The van der Waals surface area contributed by atoms with Gasteiger partial charge in [0.15, 0.2) is 5.13 Å². The van der Waals surface area contributed by atoms with Crippen LogP contribution < -0.4 is 5.32 Å². The van der Waals surface area contributed by atoms with Gasteiger partial charge in [-0.25, -0.2) is 4.98 Å². The van der Waals surface area contributed by atoms with Gasteiger partial charge < -0.3 is 20.1 Å². The number of carbonyl (C=O) groups is 1. The summed E-state index contributed by atoms with van der Waals surface area (Å²) < 4.78 is 5.41. The Hall–Kier alpha value is -1.38. The van der Waals surface area contributed by atoms with E-state index in [1.807, 2.05) is 17.9 Å². The maximum atomic E-state index is 13.2. The molecule has 1 amide bonds. The molecule has 9 heteroatoms. The van der Waals surface area contributed by atoms with Gasteiger partial charge in [-0.3, -0.25) is 4.79 Å². The molecule has 6 atom stereocenters. The average molecular weight is 539 g/mol. The minimum atomic E-state index is -0.548. The molecule has 0 radical (unpaired) electrons. The van der Waals surface area contributed by atoms with Crippen LogP contribution in [0.5, 0.6) is 0 Å². The van der Waals surface area contributed by atoms with Gasteiger partial charge in [0.25, 0.3) is 0 Å². The zero-order valence-electron chi connectivity index (χ0n) is 20.4. The van der Waals surface area contributed by atoms with Crippen molar-refractivity contribution in [2.75, 3.05) is 31.6 Å². The van der Waals surface area contributed by atoms with E-state index in [9.17, 15) is 9.90 Å². The molecule has 2 fully saturated rings. The van der Waals surface area contributed by atoms with Gasteiger partial charge in [-0.2, -0.15) is 0 Å². The first-order valence-corrected chi connectivity index (χ1v) is 14.0. The standard InChI is InChI=1S/C26H33Cl2N3O3S/c1-14(24(33)31-9-11-34-12-10-31)16-7-8-26(3)13-19-21(15(2)20(26)23(16)32)29-25(35-19)30-22-17(27)5-4-6-18(22)28/h4-6,14-16,20,23,32H,7-13H2,1-3H3,(H,29,30)/t14-,15-,16+,20+,23-,26-/m0/s1. The Morgan fingerprint density at radius 3 is 2.69 bits per heavy atom. The fourth-order valence-corrected chi connectivity index (χ4v) is 8.34. The minimum Gasteiger partial charge on any atom is -0.392 e. The topological polar surface area (TPSA) is 74.7 Å². The second-order valence-corrected chi connectivity index (χ2v) is 12.5. The molecule has 6 nitrogen and oxygen atoms in total. The number of carbonyl (C=O) groups excluding carboxylic acids is 1. The summed E-state index contributed by atoms with van der Waals surface area (Å²) >= 11 is 14.4. The van der Waals surface area contributed by atoms with E-state index < -0.39 is 6.10 Å². The molecule has 1 aliphatic heterocycles. The SMILES string of the molecule is C[C@H](C(=O)N1CCOCC1)[C@H]1CC[C@@]2(C)Cc3sc(Nc4c(Cl)cccc4Cl)nc3[C@@H](C)[C@@H]2[C@H]1O. The lowest BCUT2D eigenvalue weighted by Crippen LogP contribution is -2.54. The van der Waals surface area contributed by atoms with Crippen molar-refractivity contribution in [2.45, 2.75) is 52.1 Å². The Morgan fingerprint density at radius 1 is 1.31 bits per heavy atom. The van der Waals surface area contributed by atoms with Gasteiger partial charge in [-0.05, 0) is 48.6 Å². The molecule has 2 N–H and O–H groups in total. The van der Waals surface area contributed by atoms with Crippen LogP contribution in [0.1, 0.15) is 50.1 Å². The number of fused-ring (bicyclic) bond motifs is 2. The zero-order chi connectivity index (χ0) is 24.9. The summed E-state index contributed by atoms with van der Waals surface area (Å²) in [4.78, 5) is 21.3. The highest BCUT2D eigenvalue weighted by molar-refractivity contribution is 7.15. The maximum Gasteiger partial charge on any atom is 0.225 e. The number of aliphatic hydroxyl groups is 1. The number of amides is 1. The Morgan fingerprint density at radius 2 is 2.00 bits per heavy atom. The predicted molar refractivity (Wildman–Crippen MR) is 141 cm³/mol. The molecule has 1 aromatic carbocycles. The van der Waals surface area contributed by atoms with Crippen molar-refractivity contribution in [2.24, 2.45) is 23.2 Å². The van der Waals surface area contributed by atoms with Crippen molar-refractivity contribution in [3.05, 3.63) is 38.8 Å². The summed E-state index contributed by atoms with van der Waals surface area (Å²) in [5, 5.41) is 16.9. The van der Waals surface area contributed by atoms with Crippen molar-refractivity contribution in [1.29, 1.82) is 0 Å². The van der Waals surface area contributed by atoms with Crippen molar-refractivity contribution < 1.29 is 14.6 Å². The monoisotopic (exact) mass is 537 g/mol. The molecule has 1 saturated heterocycles. The first kappa shape index (κ1) is 25.3. The third-order valence-corrected chi connectivity index (χ3v) is 10.1. The van der Waals surface area contributed by atoms with Gasteiger partial charge in [0.1, 0.15) is 0 Å². The van der Waals surface area contributed by atoms with Gasteiger partial charge in [0.2, 0.25) is 5.91 Å². The molecule has 35 heavy (non-hydrogen) atoms. The third kappa shape index (κ3) is 4.59. The Balaban J connectivity index is 1.37. The third-order valence-electron chi connectivity index (χ3n) is 8.47. The van der Waals surface area contributed by atoms with Crippen LogP contribution in [-0.4, -0.2) is 53.3 Å². The molecule has 1 aromatic heterocycles. The lowest BCUT2D eigenvalue weighted by atomic mass is 9.53. The molecular weight excluding hydrogens is 505 g/mol. The van der Waals surface area contributed by atoms with Gasteiger partial charge >= 0.3 is 0 Å². The number of nitrogens with one attached hydrogen (secondary N) is 1. The number of ether oxygens (including phenoxy) is 1. The molecule has 2 heterocycles. The van der Waals surface area contributed by atoms with E-state index in [2.05, 4.69) is 19.2 Å². The van der Waals surface area contributed by atoms with Gasteiger partial charge in [0, 0.05) is 29.8 Å². The summed E-state index contributed by atoms with van der Waals surface area (Å²) in [5.74, 6) is 0.0111. The Labute approximate surface area is 221 Å². The number of hydrogen-bond acceptors (Lipinski definition) is 6. The van der Waals surface area contributed by atoms with E-state index in [-0.39, 0.29) is 35.0 Å². The van der Waals surface area contributed by atoms with Crippen LogP contribution in [0.25, 0.3) is 0 Å². The molecular formula is C26H33Cl2N3O3S. The number of para-hydroxylation sites is 1. The summed E-state index contributed by atoms with van der Waals surface area (Å²) in [5.41, 5.74) is 1.67.